The average Bonchev–Trinajstić information content (AvgIpc) is 2.86. The van der Waals surface area contributed by atoms with Crippen LogP contribution in [0.1, 0.15) is 10.4 Å². The number of rotatable bonds is 2. The molecule has 6 heteroatoms. The predicted molar refractivity (Wildman–Crippen MR) is 73.1 cm³/mol. The Morgan fingerprint density at radius 2 is 2.11 bits per heavy atom. The number of nitrogens with zero attached hydrogens (tertiary/aromatic N) is 3. The van der Waals surface area contributed by atoms with Crippen LogP contribution in [0.2, 0.25) is 0 Å². The fourth-order valence-corrected chi connectivity index (χ4v) is 2.34. The van der Waals surface area contributed by atoms with Crippen molar-refractivity contribution < 1.29 is 9.90 Å². The maximum absolute atomic E-state index is 11.1. The fraction of sp³-hybridized carbons (Fsp3) is 0. The van der Waals surface area contributed by atoms with E-state index in [9.17, 15) is 4.79 Å². The lowest BCUT2D eigenvalue weighted by atomic mass is 10.1. The summed E-state index contributed by atoms with van der Waals surface area (Å²) in [4.78, 5) is 15.1. The predicted octanol–water partition coefficient (Wildman–Crippen LogP) is 2.86. The van der Waals surface area contributed by atoms with Crippen LogP contribution in [-0.2, 0) is 0 Å². The molecule has 3 rings (SSSR count). The molecular weight excluding hydrogens is 310 g/mol. The van der Waals surface area contributed by atoms with Crippen LogP contribution in [-0.4, -0.2) is 25.7 Å². The van der Waals surface area contributed by atoms with Gasteiger partial charge < -0.3 is 5.11 Å². The van der Waals surface area contributed by atoms with Gasteiger partial charge in [-0.1, -0.05) is 28.1 Å². The second-order valence-corrected chi connectivity index (χ2v) is 4.86. The molecule has 2 heterocycles. The number of carboxylic acid groups (broad SMARTS) is 1. The Bertz CT molecular complexity index is 782. The summed E-state index contributed by atoms with van der Waals surface area (Å²) < 4.78 is 2.48. The molecule has 0 fully saturated rings. The molecule has 0 aliphatic carbocycles. The maximum atomic E-state index is 11.1. The maximum Gasteiger partial charge on any atom is 0.339 e. The second-order valence-electron chi connectivity index (χ2n) is 3.94. The molecule has 0 bridgehead atoms. The third kappa shape index (κ3) is 2.00. The lowest BCUT2D eigenvalue weighted by Crippen LogP contribution is -2.03. The standard InChI is InChI=1S/C13H8BrN3O2/c14-9-3-1-2-8(6-9)11-5-4-10(13(18)19)12-15-7-16-17(11)12/h1-7H,(H,18,19). The molecule has 1 N–H and O–H groups in total. The van der Waals surface area contributed by atoms with Crippen molar-refractivity contribution in [1.82, 2.24) is 14.6 Å². The summed E-state index contributed by atoms with van der Waals surface area (Å²) in [5.41, 5.74) is 2.20. The third-order valence-corrected chi connectivity index (χ3v) is 3.27. The Balaban J connectivity index is 2.29. The Kier molecular flexibility index (Phi) is 2.79. The molecule has 0 aliphatic heterocycles. The summed E-state index contributed by atoms with van der Waals surface area (Å²) in [6, 6.07) is 11.0. The van der Waals surface area contributed by atoms with Gasteiger partial charge in [-0.05, 0) is 24.3 Å². The largest absolute Gasteiger partial charge is 0.478 e. The molecular formula is C13H8BrN3O2. The van der Waals surface area contributed by atoms with E-state index >= 15 is 0 Å². The van der Waals surface area contributed by atoms with Gasteiger partial charge in [-0.25, -0.2) is 14.3 Å². The van der Waals surface area contributed by atoms with Crippen LogP contribution in [0.4, 0.5) is 0 Å². The van der Waals surface area contributed by atoms with Crippen molar-refractivity contribution in [3.8, 4) is 11.3 Å². The van der Waals surface area contributed by atoms with Crippen molar-refractivity contribution in [1.29, 1.82) is 0 Å². The van der Waals surface area contributed by atoms with E-state index in [4.69, 9.17) is 5.11 Å². The first-order chi connectivity index (χ1) is 9.16. The average molecular weight is 318 g/mol. The van der Waals surface area contributed by atoms with Gasteiger partial charge in [-0.3, -0.25) is 0 Å². The first-order valence-electron chi connectivity index (χ1n) is 5.49. The molecule has 0 amide bonds. The molecule has 3 aromatic rings. The van der Waals surface area contributed by atoms with E-state index in [0.29, 0.717) is 5.65 Å². The molecule has 0 unspecified atom stereocenters. The first-order valence-corrected chi connectivity index (χ1v) is 6.28. The van der Waals surface area contributed by atoms with Gasteiger partial charge in [0.25, 0.3) is 0 Å². The Hall–Kier alpha value is -2.21. The number of carbonyl (C=O) groups is 1. The van der Waals surface area contributed by atoms with Gasteiger partial charge in [0.1, 0.15) is 11.9 Å². The van der Waals surface area contributed by atoms with Gasteiger partial charge in [-0.15, -0.1) is 0 Å². The van der Waals surface area contributed by atoms with Crippen LogP contribution in [0.5, 0.6) is 0 Å². The van der Waals surface area contributed by atoms with Gasteiger partial charge in [0.05, 0.1) is 5.69 Å². The summed E-state index contributed by atoms with van der Waals surface area (Å²) in [5.74, 6) is -1.02. The van der Waals surface area contributed by atoms with E-state index in [0.717, 1.165) is 15.7 Å². The molecule has 0 radical (unpaired) electrons. The Morgan fingerprint density at radius 1 is 1.26 bits per heavy atom. The summed E-state index contributed by atoms with van der Waals surface area (Å²) >= 11 is 3.41. The van der Waals surface area contributed by atoms with Crippen LogP contribution < -0.4 is 0 Å². The molecule has 0 atom stereocenters. The SMILES string of the molecule is O=C(O)c1ccc(-c2cccc(Br)c2)n2ncnc12. The number of aromatic carboxylic acids is 1. The number of benzene rings is 1. The zero-order valence-electron chi connectivity index (χ0n) is 9.62. The van der Waals surface area contributed by atoms with Crippen molar-refractivity contribution in [2.24, 2.45) is 0 Å². The van der Waals surface area contributed by atoms with Crippen molar-refractivity contribution in [3.63, 3.8) is 0 Å². The highest BCUT2D eigenvalue weighted by atomic mass is 79.9. The zero-order valence-corrected chi connectivity index (χ0v) is 11.2. The minimum absolute atomic E-state index is 0.135. The van der Waals surface area contributed by atoms with Crippen LogP contribution in [0.15, 0.2) is 47.2 Å². The molecule has 0 aliphatic rings. The van der Waals surface area contributed by atoms with E-state index in [1.54, 1.807) is 12.1 Å². The van der Waals surface area contributed by atoms with Crippen LogP contribution in [0.25, 0.3) is 16.9 Å². The third-order valence-electron chi connectivity index (χ3n) is 2.78. The summed E-state index contributed by atoms with van der Waals surface area (Å²) in [5, 5.41) is 13.2. The molecule has 0 spiro atoms. The monoisotopic (exact) mass is 317 g/mol. The van der Waals surface area contributed by atoms with Gasteiger partial charge in [0.2, 0.25) is 0 Å². The smallest absolute Gasteiger partial charge is 0.339 e. The molecule has 19 heavy (non-hydrogen) atoms. The highest BCUT2D eigenvalue weighted by Gasteiger charge is 2.14. The minimum Gasteiger partial charge on any atom is -0.478 e. The van der Waals surface area contributed by atoms with Gasteiger partial charge in [0, 0.05) is 10.0 Å². The second kappa shape index (κ2) is 4.47. The zero-order chi connectivity index (χ0) is 13.4. The Morgan fingerprint density at radius 3 is 2.84 bits per heavy atom. The number of carboxylic acids is 1. The summed E-state index contributed by atoms with van der Waals surface area (Å²) in [7, 11) is 0. The quantitative estimate of drug-likeness (QED) is 0.789. The molecule has 5 nitrogen and oxygen atoms in total. The van der Waals surface area contributed by atoms with Crippen molar-refractivity contribution >= 4 is 27.5 Å². The number of pyridine rings is 1. The lowest BCUT2D eigenvalue weighted by molar-refractivity contribution is 0.0698. The first kappa shape index (κ1) is 11.9. The number of halogens is 1. The Labute approximate surface area is 116 Å². The van der Waals surface area contributed by atoms with E-state index < -0.39 is 5.97 Å². The molecule has 0 saturated heterocycles. The number of hydrogen-bond donors (Lipinski definition) is 1. The van der Waals surface area contributed by atoms with Gasteiger partial charge in [-0.2, -0.15) is 5.10 Å². The van der Waals surface area contributed by atoms with Gasteiger partial charge >= 0.3 is 5.97 Å². The highest BCUT2D eigenvalue weighted by Crippen LogP contribution is 2.24. The van der Waals surface area contributed by atoms with Crippen LogP contribution >= 0.6 is 15.9 Å². The van der Waals surface area contributed by atoms with E-state index in [-0.39, 0.29) is 5.56 Å². The molecule has 2 aromatic heterocycles. The number of fused-ring (bicyclic) bond motifs is 1. The fourth-order valence-electron chi connectivity index (χ4n) is 1.94. The topological polar surface area (TPSA) is 67.5 Å². The van der Waals surface area contributed by atoms with Crippen LogP contribution in [0.3, 0.4) is 0 Å². The molecule has 94 valence electrons. The number of aromatic nitrogens is 3. The van der Waals surface area contributed by atoms with E-state index in [2.05, 4.69) is 26.0 Å². The van der Waals surface area contributed by atoms with Crippen molar-refractivity contribution in [2.45, 2.75) is 0 Å². The van der Waals surface area contributed by atoms with Gasteiger partial charge in [0.15, 0.2) is 5.65 Å². The minimum atomic E-state index is -1.02. The summed E-state index contributed by atoms with van der Waals surface area (Å²) in [6.07, 6.45) is 1.35. The van der Waals surface area contributed by atoms with Crippen LogP contribution in [0, 0.1) is 0 Å². The van der Waals surface area contributed by atoms with Crippen molar-refractivity contribution in [2.75, 3.05) is 0 Å². The normalized spacial score (nSPS) is 10.8. The number of hydrogen-bond acceptors (Lipinski definition) is 3. The molecule has 0 saturated carbocycles. The molecule has 1 aromatic carbocycles. The summed E-state index contributed by atoms with van der Waals surface area (Å²) in [6.45, 7) is 0. The van der Waals surface area contributed by atoms with E-state index in [1.807, 2.05) is 24.3 Å². The lowest BCUT2D eigenvalue weighted by Gasteiger charge is -2.06. The van der Waals surface area contributed by atoms with Crippen molar-refractivity contribution in [3.05, 3.63) is 52.8 Å². The highest BCUT2D eigenvalue weighted by molar-refractivity contribution is 9.10. The van der Waals surface area contributed by atoms with E-state index in [1.165, 1.54) is 10.8 Å².